The van der Waals surface area contributed by atoms with Crippen LogP contribution in [0.4, 0.5) is 0 Å². The van der Waals surface area contributed by atoms with E-state index >= 15 is 0 Å². The molecule has 1 aromatic rings. The molecule has 1 spiro atoms. The van der Waals surface area contributed by atoms with Crippen molar-refractivity contribution in [2.24, 2.45) is 5.92 Å². The van der Waals surface area contributed by atoms with Gasteiger partial charge in [-0.15, -0.1) is 0 Å². The fourth-order valence-electron chi connectivity index (χ4n) is 4.60. The molecule has 3 atom stereocenters. The first-order chi connectivity index (χ1) is 13.4. The summed E-state index contributed by atoms with van der Waals surface area (Å²) in [5.41, 5.74) is 0.615. The smallest absolute Gasteiger partial charge is 0.251 e. The van der Waals surface area contributed by atoms with E-state index in [2.05, 4.69) is 0 Å². The van der Waals surface area contributed by atoms with Gasteiger partial charge in [0.2, 0.25) is 6.29 Å². The molecule has 1 aromatic carbocycles. The van der Waals surface area contributed by atoms with Crippen LogP contribution in [0, 0.1) is 16.0 Å². The second-order valence-electron chi connectivity index (χ2n) is 7.03. The molecule has 3 aliphatic rings. The van der Waals surface area contributed by atoms with Crippen molar-refractivity contribution in [2.45, 2.75) is 31.5 Å². The summed E-state index contributed by atoms with van der Waals surface area (Å²) in [5.74, 6) is 0.327. The van der Waals surface area contributed by atoms with Gasteiger partial charge in [-0.25, -0.2) is 0 Å². The molecule has 0 unspecified atom stereocenters. The minimum Gasteiger partial charge on any atom is -0.493 e. The highest BCUT2D eigenvalue weighted by Crippen LogP contribution is 2.59. The maximum absolute atomic E-state index is 12.5. The number of ketones is 1. The normalized spacial score (nSPS) is 27.6. The molecular weight excluding hydrogens is 366 g/mol. The third kappa shape index (κ3) is 2.51. The molecule has 0 bridgehead atoms. The van der Waals surface area contributed by atoms with Crippen molar-refractivity contribution in [3.8, 4) is 11.5 Å². The predicted octanol–water partition coefficient (Wildman–Crippen LogP) is 2.83. The van der Waals surface area contributed by atoms with Crippen LogP contribution in [0.3, 0.4) is 0 Å². The Morgan fingerprint density at radius 1 is 1.32 bits per heavy atom. The Balaban J connectivity index is 2.05. The predicted molar refractivity (Wildman–Crippen MR) is 98.5 cm³/mol. The van der Waals surface area contributed by atoms with Crippen molar-refractivity contribution in [1.29, 1.82) is 0 Å². The monoisotopic (exact) mass is 387 g/mol. The van der Waals surface area contributed by atoms with E-state index in [0.717, 1.165) is 5.56 Å². The van der Waals surface area contributed by atoms with Crippen molar-refractivity contribution < 1.29 is 28.7 Å². The first-order valence-corrected chi connectivity index (χ1v) is 9.11. The molecule has 8 nitrogen and oxygen atoms in total. The number of hydrogen-bond donors (Lipinski definition) is 0. The number of nitro groups is 1. The quantitative estimate of drug-likeness (QED) is 0.566. The highest BCUT2D eigenvalue weighted by molar-refractivity contribution is 5.96. The molecule has 0 amide bonds. The number of ether oxygens (including phenoxy) is 4. The lowest BCUT2D eigenvalue weighted by Crippen LogP contribution is -2.50. The Morgan fingerprint density at radius 2 is 2.11 bits per heavy atom. The minimum absolute atomic E-state index is 0.0125. The van der Waals surface area contributed by atoms with Crippen LogP contribution in [0.5, 0.6) is 11.5 Å². The zero-order valence-electron chi connectivity index (χ0n) is 15.9. The van der Waals surface area contributed by atoms with E-state index < -0.39 is 22.5 Å². The van der Waals surface area contributed by atoms with E-state index in [-0.39, 0.29) is 23.7 Å². The summed E-state index contributed by atoms with van der Waals surface area (Å²) in [6.45, 7) is 2.27. The molecule has 28 heavy (non-hydrogen) atoms. The van der Waals surface area contributed by atoms with Crippen LogP contribution in [0.15, 0.2) is 29.7 Å². The zero-order chi connectivity index (χ0) is 20.1. The second kappa shape index (κ2) is 6.63. The third-order valence-electron chi connectivity index (χ3n) is 5.71. The largest absolute Gasteiger partial charge is 0.493 e. The summed E-state index contributed by atoms with van der Waals surface area (Å²) < 4.78 is 22.6. The Morgan fingerprint density at radius 3 is 2.75 bits per heavy atom. The molecule has 4 rings (SSSR count). The first-order valence-electron chi connectivity index (χ1n) is 9.11. The van der Waals surface area contributed by atoms with Crippen LogP contribution in [-0.2, 0) is 19.7 Å². The number of carbonyl (C=O) groups excluding carboxylic acids is 1. The summed E-state index contributed by atoms with van der Waals surface area (Å²) >= 11 is 0. The van der Waals surface area contributed by atoms with E-state index in [0.29, 0.717) is 30.1 Å². The van der Waals surface area contributed by atoms with Gasteiger partial charge in [-0.3, -0.25) is 14.9 Å². The molecule has 1 aliphatic heterocycles. The van der Waals surface area contributed by atoms with Crippen LogP contribution in [0.25, 0.3) is 6.08 Å². The van der Waals surface area contributed by atoms with Crippen molar-refractivity contribution in [2.75, 3.05) is 20.8 Å². The average Bonchev–Trinajstić information content (AvgIpc) is 2.67. The number of allylic oxidation sites excluding steroid dienone is 3. The van der Waals surface area contributed by atoms with Gasteiger partial charge in [0.05, 0.1) is 25.1 Å². The zero-order valence-corrected chi connectivity index (χ0v) is 15.9. The fraction of sp³-hybridized carbons (Fsp3) is 0.450. The molecule has 148 valence electrons. The van der Waals surface area contributed by atoms with Crippen LogP contribution in [-0.4, -0.2) is 37.8 Å². The summed E-state index contributed by atoms with van der Waals surface area (Å²) in [6.07, 6.45) is 2.95. The Hall–Kier alpha value is -2.87. The van der Waals surface area contributed by atoms with Gasteiger partial charge in [0, 0.05) is 36.5 Å². The maximum Gasteiger partial charge on any atom is 0.251 e. The Bertz CT molecular complexity index is 919. The highest BCUT2D eigenvalue weighted by Gasteiger charge is 2.57. The number of benzene rings is 1. The molecule has 0 N–H and O–H groups in total. The molecule has 0 saturated heterocycles. The number of nitrogens with zero attached hydrogens (tertiary/aromatic N) is 1. The summed E-state index contributed by atoms with van der Waals surface area (Å²) in [5, 5.41) is 11.9. The van der Waals surface area contributed by atoms with E-state index in [1.54, 1.807) is 18.2 Å². The van der Waals surface area contributed by atoms with Crippen LogP contribution < -0.4 is 9.47 Å². The SMILES string of the molecule is CCO[C@H]1C[C@@]23C=C(OC)C(=O)C[C@@H]2C([N+](=O)[O-])=Cc2ccc(OC)c(c23)O1. The van der Waals surface area contributed by atoms with Crippen molar-refractivity contribution >= 4 is 11.9 Å². The van der Waals surface area contributed by atoms with Crippen molar-refractivity contribution in [3.63, 3.8) is 0 Å². The summed E-state index contributed by atoms with van der Waals surface area (Å²) in [4.78, 5) is 24.0. The van der Waals surface area contributed by atoms with Crippen LogP contribution >= 0.6 is 0 Å². The summed E-state index contributed by atoms with van der Waals surface area (Å²) in [7, 11) is 2.97. The molecule has 1 heterocycles. The number of Topliss-reactive ketones (excluding diaryl/α,β-unsaturated/α-hetero) is 1. The van der Waals surface area contributed by atoms with Crippen molar-refractivity contribution in [1.82, 2.24) is 0 Å². The number of carbonyl (C=O) groups is 1. The fourth-order valence-corrected chi connectivity index (χ4v) is 4.60. The van der Waals surface area contributed by atoms with Crippen molar-refractivity contribution in [3.05, 3.63) is 50.9 Å². The molecule has 0 saturated carbocycles. The van der Waals surface area contributed by atoms with Crippen LogP contribution in [0.1, 0.15) is 30.9 Å². The molecule has 0 fully saturated rings. The topological polar surface area (TPSA) is 97.1 Å². The van der Waals surface area contributed by atoms with Gasteiger partial charge in [-0.2, -0.15) is 0 Å². The Kier molecular flexibility index (Phi) is 4.38. The molecular formula is C20H21NO7. The maximum atomic E-state index is 12.5. The molecule has 2 aliphatic carbocycles. The lowest BCUT2D eigenvalue weighted by Gasteiger charge is -2.48. The van der Waals surface area contributed by atoms with Crippen LogP contribution in [0.2, 0.25) is 0 Å². The highest BCUT2D eigenvalue weighted by atomic mass is 16.7. The van der Waals surface area contributed by atoms with Gasteiger partial charge in [0.1, 0.15) is 0 Å². The first kappa shape index (κ1) is 18.5. The summed E-state index contributed by atoms with van der Waals surface area (Å²) in [6, 6.07) is 3.50. The van der Waals surface area contributed by atoms with E-state index in [9.17, 15) is 14.9 Å². The van der Waals surface area contributed by atoms with E-state index in [1.165, 1.54) is 20.3 Å². The van der Waals surface area contributed by atoms with Gasteiger partial charge in [-0.1, -0.05) is 6.07 Å². The van der Waals surface area contributed by atoms with E-state index in [4.69, 9.17) is 18.9 Å². The molecule has 8 heteroatoms. The van der Waals surface area contributed by atoms with Gasteiger partial charge in [-0.05, 0) is 24.6 Å². The molecule has 0 radical (unpaired) electrons. The third-order valence-corrected chi connectivity index (χ3v) is 5.71. The second-order valence-corrected chi connectivity index (χ2v) is 7.03. The van der Waals surface area contributed by atoms with Gasteiger partial charge in [0.25, 0.3) is 5.70 Å². The standard InChI is InChI=1S/C20H21NO7/c1-4-27-17-10-20-9-16(26-3)14(22)8-12(20)13(21(23)24)7-11-5-6-15(25-2)19(28-17)18(11)20/h5-7,9,12,17H,4,8,10H2,1-3H3/t12-,17-,20+/m1/s1. The van der Waals surface area contributed by atoms with Gasteiger partial charge in [0.15, 0.2) is 23.0 Å². The minimum atomic E-state index is -0.853. The number of hydrogen-bond acceptors (Lipinski definition) is 7. The average molecular weight is 387 g/mol. The number of rotatable bonds is 5. The lowest BCUT2D eigenvalue weighted by molar-refractivity contribution is -0.434. The Labute approximate surface area is 161 Å². The number of methoxy groups -OCH3 is 2. The molecule has 0 aromatic heterocycles. The lowest BCUT2D eigenvalue weighted by atomic mass is 9.58. The van der Waals surface area contributed by atoms with E-state index in [1.807, 2.05) is 6.92 Å². The van der Waals surface area contributed by atoms with Gasteiger partial charge < -0.3 is 18.9 Å². The van der Waals surface area contributed by atoms with Gasteiger partial charge >= 0.3 is 0 Å².